The lowest BCUT2D eigenvalue weighted by molar-refractivity contribution is -0.128. The molecule has 1 aliphatic rings. The average molecular weight is 434 g/mol. The monoisotopic (exact) mass is 433 g/mol. The quantitative estimate of drug-likeness (QED) is 0.415. The summed E-state index contributed by atoms with van der Waals surface area (Å²) in [6, 6.07) is 12.1. The van der Waals surface area contributed by atoms with Crippen molar-refractivity contribution in [1.82, 2.24) is 25.0 Å². The highest BCUT2D eigenvalue weighted by Gasteiger charge is 2.31. The van der Waals surface area contributed by atoms with Crippen molar-refractivity contribution < 1.29 is 10.0 Å². The van der Waals surface area contributed by atoms with E-state index in [1.807, 2.05) is 47.7 Å². The summed E-state index contributed by atoms with van der Waals surface area (Å²) in [6.07, 6.45) is 6.22. The van der Waals surface area contributed by atoms with Crippen molar-refractivity contribution in [3.63, 3.8) is 0 Å². The van der Waals surface area contributed by atoms with E-state index < -0.39 is 5.91 Å². The van der Waals surface area contributed by atoms with Crippen LogP contribution in [0.4, 0.5) is 0 Å². The number of pyridine rings is 1. The molecule has 3 aromatic rings. The Kier molecular flexibility index (Phi) is 6.55. The molecule has 0 saturated carbocycles. The maximum absolute atomic E-state index is 11.3. The van der Waals surface area contributed by atoms with Gasteiger partial charge in [0.2, 0.25) is 5.91 Å². The van der Waals surface area contributed by atoms with Crippen LogP contribution in [0.1, 0.15) is 37.7 Å². The predicted octanol–water partition coefficient (Wildman–Crippen LogP) is 3.83. The first-order valence-corrected chi connectivity index (χ1v) is 10.7. The van der Waals surface area contributed by atoms with Crippen LogP contribution in [0.15, 0.2) is 70.9 Å². The zero-order valence-electron chi connectivity index (χ0n) is 18.2. The highest BCUT2D eigenvalue weighted by Crippen LogP contribution is 2.34. The molecule has 1 aromatic carbocycles. The summed E-state index contributed by atoms with van der Waals surface area (Å²) in [7, 11) is 0. The molecule has 1 atom stereocenters. The van der Waals surface area contributed by atoms with Gasteiger partial charge in [0.15, 0.2) is 0 Å². The molecule has 0 spiro atoms. The Balaban J connectivity index is 1.64. The van der Waals surface area contributed by atoms with Gasteiger partial charge in [-0.1, -0.05) is 31.2 Å². The van der Waals surface area contributed by atoms with E-state index in [-0.39, 0.29) is 18.4 Å². The van der Waals surface area contributed by atoms with E-state index in [1.54, 1.807) is 11.6 Å². The second-order valence-corrected chi connectivity index (χ2v) is 8.13. The number of amides is 1. The number of hydrogen-bond acceptors (Lipinski definition) is 7. The Labute approximate surface area is 186 Å². The Morgan fingerprint density at radius 2 is 2.00 bits per heavy atom. The number of carbonyl (C=O) groups excluding carboxylic acids is 1. The van der Waals surface area contributed by atoms with Crippen LogP contribution in [0.5, 0.6) is 0 Å². The van der Waals surface area contributed by atoms with E-state index in [9.17, 15) is 4.79 Å². The first-order chi connectivity index (χ1) is 15.6. The van der Waals surface area contributed by atoms with E-state index in [0.29, 0.717) is 12.2 Å². The summed E-state index contributed by atoms with van der Waals surface area (Å²) in [5.74, 6) is 0.693. The standard InChI is InChI=1S/C23H27N7O2/c1-16(2)22(30-15-18(26-28-30)7-8-21(31)27-32)23-25-19-5-3-4-6-20(19)29(23)14-11-17-9-12-24-13-10-17/h3-7,9-10,12-13,16,22,32H,8,11,14-15H2,1-2H3,(H,27,31)/b18-7-. The summed E-state index contributed by atoms with van der Waals surface area (Å²) in [6.45, 7) is 5.56. The van der Waals surface area contributed by atoms with Gasteiger partial charge in [-0.3, -0.25) is 20.0 Å². The molecule has 1 unspecified atom stereocenters. The molecule has 0 fully saturated rings. The van der Waals surface area contributed by atoms with Crippen molar-refractivity contribution in [3.8, 4) is 0 Å². The van der Waals surface area contributed by atoms with Crippen molar-refractivity contribution in [2.45, 2.75) is 39.3 Å². The van der Waals surface area contributed by atoms with Crippen LogP contribution in [-0.4, -0.2) is 37.2 Å². The highest BCUT2D eigenvalue weighted by atomic mass is 16.5. The number of hydroxylamine groups is 1. The number of carbonyl (C=O) groups is 1. The molecular weight excluding hydrogens is 406 g/mol. The van der Waals surface area contributed by atoms with Crippen LogP contribution in [0.2, 0.25) is 0 Å². The van der Waals surface area contributed by atoms with Crippen molar-refractivity contribution in [2.24, 2.45) is 16.3 Å². The van der Waals surface area contributed by atoms with Crippen molar-refractivity contribution in [1.29, 1.82) is 0 Å². The second kappa shape index (κ2) is 9.69. The first-order valence-electron chi connectivity index (χ1n) is 10.7. The van der Waals surface area contributed by atoms with Crippen LogP contribution in [0, 0.1) is 5.92 Å². The zero-order chi connectivity index (χ0) is 22.5. The summed E-state index contributed by atoms with van der Waals surface area (Å²) in [4.78, 5) is 20.4. The Morgan fingerprint density at radius 3 is 2.75 bits per heavy atom. The van der Waals surface area contributed by atoms with Crippen molar-refractivity contribution in [3.05, 3.63) is 72.0 Å². The van der Waals surface area contributed by atoms with E-state index in [1.165, 1.54) is 5.56 Å². The van der Waals surface area contributed by atoms with Gasteiger partial charge in [-0.2, -0.15) is 0 Å². The number of para-hydroxylation sites is 2. The number of nitrogens with one attached hydrogen (secondary N) is 1. The van der Waals surface area contributed by atoms with E-state index in [0.717, 1.165) is 29.8 Å². The Hall–Kier alpha value is -3.59. The summed E-state index contributed by atoms with van der Waals surface area (Å²) in [5, 5.41) is 19.2. The molecule has 2 N–H and O–H groups in total. The van der Waals surface area contributed by atoms with Gasteiger partial charge in [0, 0.05) is 25.4 Å². The van der Waals surface area contributed by atoms with Crippen molar-refractivity contribution >= 4 is 16.9 Å². The molecule has 9 nitrogen and oxygen atoms in total. The molecular formula is C23H27N7O2. The fraction of sp³-hybridized carbons (Fsp3) is 0.348. The molecule has 2 aromatic heterocycles. The van der Waals surface area contributed by atoms with Gasteiger partial charge in [0.25, 0.3) is 0 Å². The highest BCUT2D eigenvalue weighted by molar-refractivity contribution is 5.76. The van der Waals surface area contributed by atoms with E-state index in [2.05, 4.69) is 39.8 Å². The molecule has 3 heterocycles. The number of aryl methyl sites for hydroxylation is 2. The molecule has 1 amide bonds. The molecule has 9 heteroatoms. The van der Waals surface area contributed by atoms with E-state index in [4.69, 9.17) is 10.2 Å². The van der Waals surface area contributed by atoms with Gasteiger partial charge in [0.05, 0.1) is 23.3 Å². The minimum atomic E-state index is -0.482. The Bertz CT molecular complexity index is 1140. The molecule has 0 bridgehead atoms. The van der Waals surface area contributed by atoms with Crippen LogP contribution in [0.25, 0.3) is 11.0 Å². The summed E-state index contributed by atoms with van der Waals surface area (Å²) in [5.41, 5.74) is 5.59. The smallest absolute Gasteiger partial charge is 0.247 e. The lowest BCUT2D eigenvalue weighted by Gasteiger charge is -2.28. The SMILES string of the molecule is CC(C)C(c1nc2ccccc2n1CCc1ccncc1)N1C/C(=C/CC(=O)NO)N=N1. The minimum absolute atomic E-state index is 0.0511. The molecule has 4 rings (SSSR count). The van der Waals surface area contributed by atoms with Crippen LogP contribution >= 0.6 is 0 Å². The van der Waals surface area contributed by atoms with Gasteiger partial charge in [-0.05, 0) is 48.2 Å². The lowest BCUT2D eigenvalue weighted by atomic mass is 10.0. The van der Waals surface area contributed by atoms with Gasteiger partial charge in [-0.15, -0.1) is 5.11 Å². The Morgan fingerprint density at radius 1 is 1.22 bits per heavy atom. The average Bonchev–Trinajstić information content (AvgIpc) is 3.41. The molecule has 0 radical (unpaired) electrons. The van der Waals surface area contributed by atoms with Crippen LogP contribution in [-0.2, 0) is 17.8 Å². The number of aromatic nitrogens is 3. The summed E-state index contributed by atoms with van der Waals surface area (Å²) >= 11 is 0. The fourth-order valence-electron chi connectivity index (χ4n) is 3.98. The van der Waals surface area contributed by atoms with Gasteiger partial charge in [0.1, 0.15) is 11.9 Å². The third-order valence-corrected chi connectivity index (χ3v) is 5.53. The van der Waals surface area contributed by atoms with Gasteiger partial charge < -0.3 is 4.57 Å². The molecule has 166 valence electrons. The molecule has 1 aliphatic heterocycles. The molecule has 32 heavy (non-hydrogen) atoms. The van der Waals surface area contributed by atoms with Gasteiger partial charge in [-0.25, -0.2) is 10.5 Å². The zero-order valence-corrected chi connectivity index (χ0v) is 18.2. The second-order valence-electron chi connectivity index (χ2n) is 8.13. The lowest BCUT2D eigenvalue weighted by Crippen LogP contribution is -2.29. The third-order valence-electron chi connectivity index (χ3n) is 5.53. The maximum Gasteiger partial charge on any atom is 0.247 e. The largest absolute Gasteiger partial charge is 0.326 e. The maximum atomic E-state index is 11.3. The normalized spacial score (nSPS) is 15.8. The number of hydrogen-bond donors (Lipinski definition) is 2. The summed E-state index contributed by atoms with van der Waals surface area (Å²) < 4.78 is 2.27. The van der Waals surface area contributed by atoms with Crippen LogP contribution in [0.3, 0.4) is 0 Å². The number of imidazole rings is 1. The first kappa shape index (κ1) is 21.6. The molecule has 0 saturated heterocycles. The van der Waals surface area contributed by atoms with E-state index >= 15 is 0 Å². The number of rotatable bonds is 8. The number of fused-ring (bicyclic) bond motifs is 1. The fourth-order valence-corrected chi connectivity index (χ4v) is 3.98. The predicted molar refractivity (Wildman–Crippen MR) is 119 cm³/mol. The topological polar surface area (TPSA) is 108 Å². The minimum Gasteiger partial charge on any atom is -0.326 e. The van der Waals surface area contributed by atoms with Gasteiger partial charge >= 0.3 is 0 Å². The third kappa shape index (κ3) is 4.67. The number of benzene rings is 1. The molecule has 0 aliphatic carbocycles. The van der Waals surface area contributed by atoms with Crippen molar-refractivity contribution in [2.75, 3.05) is 6.54 Å². The number of nitrogens with zero attached hydrogens (tertiary/aromatic N) is 6. The van der Waals surface area contributed by atoms with Crippen LogP contribution < -0.4 is 5.48 Å².